The molecule has 0 radical (unpaired) electrons. The van der Waals surface area contributed by atoms with E-state index in [0.29, 0.717) is 17.7 Å². The smallest absolute Gasteiger partial charge is 0.253 e. The summed E-state index contributed by atoms with van der Waals surface area (Å²) in [4.78, 5) is 16.7. The number of ether oxygens (including phenoxy) is 1. The molecule has 0 aliphatic carbocycles. The summed E-state index contributed by atoms with van der Waals surface area (Å²) in [5, 5.41) is 8.81. The number of rotatable bonds is 1. The molecule has 0 N–H and O–H groups in total. The van der Waals surface area contributed by atoms with E-state index in [1.807, 2.05) is 4.90 Å². The maximum atomic E-state index is 12.6. The van der Waals surface area contributed by atoms with Gasteiger partial charge in [0.05, 0.1) is 30.4 Å². The maximum absolute atomic E-state index is 12.6. The number of nitriles is 1. The van der Waals surface area contributed by atoms with Gasteiger partial charge in [-0.05, 0) is 37.7 Å². The maximum Gasteiger partial charge on any atom is 0.253 e. The van der Waals surface area contributed by atoms with Crippen molar-refractivity contribution in [2.45, 2.75) is 18.6 Å². The van der Waals surface area contributed by atoms with Gasteiger partial charge in [0, 0.05) is 25.2 Å². The Labute approximate surface area is 124 Å². The molecule has 3 rings (SSSR count). The molecule has 1 aromatic carbocycles. The number of piperidine rings is 1. The Bertz CT molecular complexity index is 564. The number of hydrogen-bond acceptors (Lipinski definition) is 4. The van der Waals surface area contributed by atoms with Gasteiger partial charge in [-0.15, -0.1) is 0 Å². The van der Waals surface area contributed by atoms with Crippen LogP contribution in [0.25, 0.3) is 0 Å². The minimum absolute atomic E-state index is 0.0388. The van der Waals surface area contributed by atoms with Crippen LogP contribution in [0.5, 0.6) is 0 Å². The van der Waals surface area contributed by atoms with Gasteiger partial charge in [-0.1, -0.05) is 0 Å². The molecule has 0 unspecified atom stereocenters. The van der Waals surface area contributed by atoms with Crippen molar-refractivity contribution in [1.29, 1.82) is 5.26 Å². The Balaban J connectivity index is 1.71. The van der Waals surface area contributed by atoms with Crippen molar-refractivity contribution < 1.29 is 9.53 Å². The molecule has 2 fully saturated rings. The number of benzene rings is 1. The van der Waals surface area contributed by atoms with E-state index in [1.165, 1.54) is 0 Å². The lowest BCUT2D eigenvalue weighted by Crippen LogP contribution is -2.59. The number of carbonyl (C=O) groups is 1. The molecule has 0 aromatic heterocycles. The van der Waals surface area contributed by atoms with E-state index in [9.17, 15) is 4.79 Å². The molecule has 110 valence electrons. The van der Waals surface area contributed by atoms with Crippen LogP contribution < -0.4 is 0 Å². The summed E-state index contributed by atoms with van der Waals surface area (Å²) >= 11 is 0. The minimum atomic E-state index is 0.0388. The minimum Gasteiger partial charge on any atom is -0.375 e. The van der Waals surface area contributed by atoms with Crippen LogP contribution in [0.15, 0.2) is 24.3 Å². The van der Waals surface area contributed by atoms with Gasteiger partial charge in [-0.25, -0.2) is 0 Å². The van der Waals surface area contributed by atoms with Gasteiger partial charge in [-0.3, -0.25) is 9.69 Å². The average Bonchev–Trinajstić information content (AvgIpc) is 2.54. The van der Waals surface area contributed by atoms with Crippen LogP contribution in [0.2, 0.25) is 0 Å². The number of hydrogen-bond donors (Lipinski definition) is 0. The highest BCUT2D eigenvalue weighted by Crippen LogP contribution is 2.23. The van der Waals surface area contributed by atoms with E-state index in [0.717, 1.165) is 26.1 Å². The molecule has 0 saturated carbocycles. The Hall–Kier alpha value is -1.90. The molecule has 0 spiro atoms. The first kappa shape index (κ1) is 14.1. The molecular formula is C16H19N3O2. The second-order valence-electron chi connectivity index (χ2n) is 5.69. The molecule has 2 aliphatic rings. The molecule has 1 amide bonds. The Morgan fingerprint density at radius 2 is 2.10 bits per heavy atom. The fraction of sp³-hybridized carbons (Fsp3) is 0.500. The summed E-state index contributed by atoms with van der Waals surface area (Å²) in [6.07, 6.45) is 1.13. The number of likely N-dealkylation sites (tertiary alicyclic amines) is 1. The second-order valence-corrected chi connectivity index (χ2v) is 5.69. The first-order valence-electron chi connectivity index (χ1n) is 7.30. The van der Waals surface area contributed by atoms with Crippen LogP contribution in [0.3, 0.4) is 0 Å². The Kier molecular flexibility index (Phi) is 3.91. The van der Waals surface area contributed by atoms with E-state index < -0.39 is 0 Å². The van der Waals surface area contributed by atoms with Crippen molar-refractivity contribution in [3.8, 4) is 6.07 Å². The van der Waals surface area contributed by atoms with E-state index in [-0.39, 0.29) is 18.1 Å². The lowest BCUT2D eigenvalue weighted by atomic mass is 9.98. The van der Waals surface area contributed by atoms with Gasteiger partial charge in [0.2, 0.25) is 0 Å². The van der Waals surface area contributed by atoms with Crippen molar-refractivity contribution in [2.75, 3.05) is 33.3 Å². The zero-order valence-corrected chi connectivity index (χ0v) is 12.2. The molecule has 2 atom stereocenters. The van der Waals surface area contributed by atoms with E-state index in [4.69, 9.17) is 10.00 Å². The van der Waals surface area contributed by atoms with Gasteiger partial charge < -0.3 is 9.64 Å². The lowest BCUT2D eigenvalue weighted by molar-refractivity contribution is -0.0893. The third-order valence-corrected chi connectivity index (χ3v) is 4.41. The van der Waals surface area contributed by atoms with Gasteiger partial charge in [0.1, 0.15) is 0 Å². The average molecular weight is 285 g/mol. The molecule has 1 aromatic rings. The molecular weight excluding hydrogens is 266 g/mol. The molecule has 2 aliphatic heterocycles. The van der Waals surface area contributed by atoms with Crippen molar-refractivity contribution in [3.05, 3.63) is 35.4 Å². The van der Waals surface area contributed by atoms with Crippen molar-refractivity contribution in [1.82, 2.24) is 9.80 Å². The van der Waals surface area contributed by atoms with Crippen LogP contribution in [-0.2, 0) is 4.74 Å². The number of likely N-dealkylation sites (N-methyl/N-ethyl adjacent to an activating group) is 1. The zero-order chi connectivity index (χ0) is 14.8. The highest BCUT2D eigenvalue weighted by atomic mass is 16.5. The molecule has 2 saturated heterocycles. The van der Waals surface area contributed by atoms with Crippen LogP contribution in [-0.4, -0.2) is 61.1 Å². The monoisotopic (exact) mass is 285 g/mol. The summed E-state index contributed by atoms with van der Waals surface area (Å²) in [5.41, 5.74) is 1.22. The molecule has 2 heterocycles. The number of fused-ring (bicyclic) bond motifs is 1. The van der Waals surface area contributed by atoms with Gasteiger partial charge in [0.15, 0.2) is 0 Å². The zero-order valence-electron chi connectivity index (χ0n) is 12.2. The highest BCUT2D eigenvalue weighted by molar-refractivity contribution is 5.94. The van der Waals surface area contributed by atoms with Crippen molar-refractivity contribution >= 4 is 5.91 Å². The standard InChI is InChI=1S/C16H19N3O2/c1-18-8-9-21-15-6-7-19(11-14(15)18)16(20)13-4-2-12(10-17)3-5-13/h2-5,14-15H,6-9,11H2,1H3/t14-,15-/m0/s1. The van der Waals surface area contributed by atoms with E-state index in [1.54, 1.807) is 24.3 Å². The molecule has 5 nitrogen and oxygen atoms in total. The lowest BCUT2D eigenvalue weighted by Gasteiger charge is -2.45. The van der Waals surface area contributed by atoms with Crippen LogP contribution in [0.4, 0.5) is 0 Å². The van der Waals surface area contributed by atoms with Crippen LogP contribution >= 0.6 is 0 Å². The van der Waals surface area contributed by atoms with Gasteiger partial charge in [0.25, 0.3) is 5.91 Å². The number of carbonyl (C=O) groups excluding carboxylic acids is 1. The highest BCUT2D eigenvalue weighted by Gasteiger charge is 2.36. The summed E-state index contributed by atoms with van der Waals surface area (Å²) in [7, 11) is 2.09. The largest absolute Gasteiger partial charge is 0.375 e. The first-order valence-corrected chi connectivity index (χ1v) is 7.30. The normalized spacial score (nSPS) is 26.0. The summed E-state index contributed by atoms with van der Waals surface area (Å²) in [6, 6.07) is 9.20. The van der Waals surface area contributed by atoms with Crippen LogP contribution in [0.1, 0.15) is 22.3 Å². The van der Waals surface area contributed by atoms with Gasteiger partial charge >= 0.3 is 0 Å². The fourth-order valence-corrected chi connectivity index (χ4v) is 3.10. The van der Waals surface area contributed by atoms with Gasteiger partial charge in [-0.2, -0.15) is 5.26 Å². The number of nitrogens with zero attached hydrogens (tertiary/aromatic N) is 3. The first-order chi connectivity index (χ1) is 10.2. The third kappa shape index (κ3) is 2.78. The van der Waals surface area contributed by atoms with E-state index in [2.05, 4.69) is 18.0 Å². The predicted molar refractivity (Wildman–Crippen MR) is 77.8 cm³/mol. The summed E-state index contributed by atoms with van der Waals surface area (Å²) < 4.78 is 5.80. The quantitative estimate of drug-likeness (QED) is 0.775. The summed E-state index contributed by atoms with van der Waals surface area (Å²) in [6.45, 7) is 3.13. The Morgan fingerprint density at radius 1 is 1.33 bits per heavy atom. The molecule has 21 heavy (non-hydrogen) atoms. The van der Waals surface area contributed by atoms with Crippen molar-refractivity contribution in [2.24, 2.45) is 0 Å². The SMILES string of the molecule is CN1CCO[C@H]2CCN(C(=O)c3ccc(C#N)cc3)C[C@@H]21. The van der Waals surface area contributed by atoms with Crippen molar-refractivity contribution in [3.63, 3.8) is 0 Å². The summed E-state index contributed by atoms with van der Waals surface area (Å²) in [5.74, 6) is 0.0388. The topological polar surface area (TPSA) is 56.6 Å². The van der Waals surface area contributed by atoms with E-state index >= 15 is 0 Å². The number of amides is 1. The third-order valence-electron chi connectivity index (χ3n) is 4.41. The predicted octanol–water partition coefficient (Wildman–Crippen LogP) is 1.10. The van der Waals surface area contributed by atoms with Crippen LogP contribution in [0, 0.1) is 11.3 Å². The number of morpholine rings is 1. The second kappa shape index (κ2) is 5.84. The Morgan fingerprint density at radius 3 is 2.81 bits per heavy atom. The molecule has 0 bridgehead atoms. The fourth-order valence-electron chi connectivity index (χ4n) is 3.10. The molecule has 5 heteroatoms.